The standard InChI is InChI=1S/C23H22N2O5S2/c1-24(15-19-8-5-13-31-19)22(26)16-30-23(27)18-7-4-9-20(14-18)32(28,29)25-12-11-17-6-2-3-10-21(17)25/h2-10,13-14H,11-12,15-16H2,1H3. The molecule has 3 aromatic rings. The lowest BCUT2D eigenvalue weighted by Gasteiger charge is -2.20. The van der Waals surface area contributed by atoms with Crippen LogP contribution in [-0.2, 0) is 32.5 Å². The van der Waals surface area contributed by atoms with E-state index in [4.69, 9.17) is 4.74 Å². The maximum absolute atomic E-state index is 13.2. The van der Waals surface area contributed by atoms with Gasteiger partial charge in [-0.3, -0.25) is 9.10 Å². The molecular weight excluding hydrogens is 448 g/mol. The van der Waals surface area contributed by atoms with Gasteiger partial charge in [0.1, 0.15) is 0 Å². The van der Waals surface area contributed by atoms with E-state index in [0.717, 1.165) is 10.4 Å². The summed E-state index contributed by atoms with van der Waals surface area (Å²) in [6, 6.07) is 16.9. The summed E-state index contributed by atoms with van der Waals surface area (Å²) in [5.41, 5.74) is 1.70. The van der Waals surface area contributed by atoms with Crippen molar-refractivity contribution in [1.82, 2.24) is 4.90 Å². The molecule has 0 saturated heterocycles. The maximum atomic E-state index is 13.2. The highest BCUT2D eigenvalue weighted by Gasteiger charge is 2.31. The molecule has 7 nitrogen and oxygen atoms in total. The molecule has 4 rings (SSSR count). The molecule has 0 radical (unpaired) electrons. The van der Waals surface area contributed by atoms with Gasteiger partial charge in [0.2, 0.25) is 0 Å². The van der Waals surface area contributed by atoms with Crippen LogP contribution in [0, 0.1) is 0 Å². The Morgan fingerprint density at radius 2 is 1.91 bits per heavy atom. The third-order valence-corrected chi connectivity index (χ3v) is 7.90. The molecule has 2 aromatic carbocycles. The third kappa shape index (κ3) is 4.53. The van der Waals surface area contributed by atoms with Gasteiger partial charge in [0, 0.05) is 18.5 Å². The summed E-state index contributed by atoms with van der Waals surface area (Å²) in [6.07, 6.45) is 0.637. The van der Waals surface area contributed by atoms with Crippen molar-refractivity contribution in [3.8, 4) is 0 Å². The predicted octanol–water partition coefficient (Wildman–Crippen LogP) is 3.31. The summed E-state index contributed by atoms with van der Waals surface area (Å²) in [5, 5.41) is 1.93. The number of ether oxygens (including phenoxy) is 1. The van der Waals surface area contributed by atoms with Crippen LogP contribution < -0.4 is 4.31 Å². The Morgan fingerprint density at radius 1 is 1.09 bits per heavy atom. The molecule has 32 heavy (non-hydrogen) atoms. The van der Waals surface area contributed by atoms with Gasteiger partial charge < -0.3 is 9.64 Å². The van der Waals surface area contributed by atoms with Gasteiger partial charge in [-0.25, -0.2) is 13.2 Å². The van der Waals surface area contributed by atoms with Crippen LogP contribution in [0.25, 0.3) is 0 Å². The number of rotatable bonds is 7. The minimum atomic E-state index is -3.83. The van der Waals surface area contributed by atoms with Crippen LogP contribution in [0.1, 0.15) is 20.8 Å². The van der Waals surface area contributed by atoms with Gasteiger partial charge in [0.25, 0.3) is 15.9 Å². The molecule has 0 unspecified atom stereocenters. The number of para-hydroxylation sites is 1. The van der Waals surface area contributed by atoms with Gasteiger partial charge in [-0.05, 0) is 47.7 Å². The van der Waals surface area contributed by atoms with Gasteiger partial charge in [0.05, 0.1) is 22.7 Å². The number of carbonyl (C=O) groups is 2. The number of esters is 1. The van der Waals surface area contributed by atoms with Gasteiger partial charge in [-0.2, -0.15) is 0 Å². The first-order valence-electron chi connectivity index (χ1n) is 10.0. The largest absolute Gasteiger partial charge is 0.452 e. The van der Waals surface area contributed by atoms with E-state index in [2.05, 4.69) is 0 Å². The summed E-state index contributed by atoms with van der Waals surface area (Å²) >= 11 is 1.54. The summed E-state index contributed by atoms with van der Waals surface area (Å²) in [6.45, 7) is 0.359. The highest BCUT2D eigenvalue weighted by Crippen LogP contribution is 2.32. The van der Waals surface area contributed by atoms with Crippen molar-refractivity contribution in [2.45, 2.75) is 17.9 Å². The van der Waals surface area contributed by atoms with E-state index in [1.165, 1.54) is 44.8 Å². The molecule has 0 saturated carbocycles. The average Bonchev–Trinajstić information content (AvgIpc) is 3.47. The molecule has 2 heterocycles. The number of hydrogen-bond acceptors (Lipinski definition) is 6. The fourth-order valence-electron chi connectivity index (χ4n) is 3.51. The lowest BCUT2D eigenvalue weighted by molar-refractivity contribution is -0.133. The number of thiophene rings is 1. The third-order valence-electron chi connectivity index (χ3n) is 5.23. The first kappa shape index (κ1) is 22.0. The van der Waals surface area contributed by atoms with Crippen molar-refractivity contribution in [3.05, 3.63) is 82.0 Å². The Bertz CT molecular complexity index is 1240. The zero-order valence-electron chi connectivity index (χ0n) is 17.4. The van der Waals surface area contributed by atoms with Crippen molar-refractivity contribution in [2.75, 3.05) is 24.5 Å². The van der Waals surface area contributed by atoms with Crippen LogP contribution in [0.4, 0.5) is 5.69 Å². The number of carbonyl (C=O) groups excluding carboxylic acids is 2. The molecule has 1 aliphatic heterocycles. The van der Waals surface area contributed by atoms with Gasteiger partial charge in [-0.1, -0.05) is 30.3 Å². The Kier molecular flexibility index (Phi) is 6.29. The molecular formula is C23H22N2O5S2. The number of anilines is 1. The molecule has 0 bridgehead atoms. The highest BCUT2D eigenvalue weighted by atomic mass is 32.2. The Labute approximate surface area is 190 Å². The topological polar surface area (TPSA) is 84.0 Å². The Morgan fingerprint density at radius 3 is 2.69 bits per heavy atom. The lowest BCUT2D eigenvalue weighted by Crippen LogP contribution is -2.30. The van der Waals surface area contributed by atoms with Crippen molar-refractivity contribution in [1.29, 1.82) is 0 Å². The second kappa shape index (κ2) is 9.13. The van der Waals surface area contributed by atoms with Gasteiger partial charge in [-0.15, -0.1) is 11.3 Å². The molecule has 9 heteroatoms. The fourth-order valence-corrected chi connectivity index (χ4v) is 5.82. The molecule has 1 amide bonds. The molecule has 0 fully saturated rings. The zero-order valence-corrected chi connectivity index (χ0v) is 19.1. The van der Waals surface area contributed by atoms with E-state index in [0.29, 0.717) is 25.2 Å². The number of amides is 1. The first-order valence-corrected chi connectivity index (χ1v) is 12.3. The number of hydrogen-bond donors (Lipinski definition) is 0. The van der Waals surface area contributed by atoms with Crippen LogP contribution in [0.15, 0.2) is 70.9 Å². The first-order chi connectivity index (χ1) is 15.4. The normalized spacial score (nSPS) is 13.0. The zero-order chi connectivity index (χ0) is 22.7. The minimum absolute atomic E-state index is 0.00444. The van der Waals surface area contributed by atoms with Gasteiger partial charge >= 0.3 is 5.97 Å². The van der Waals surface area contributed by atoms with Crippen LogP contribution >= 0.6 is 11.3 Å². The van der Waals surface area contributed by atoms with Crippen LogP contribution in [0.5, 0.6) is 0 Å². The van der Waals surface area contributed by atoms with Crippen LogP contribution in [0.2, 0.25) is 0 Å². The maximum Gasteiger partial charge on any atom is 0.338 e. The second-order valence-electron chi connectivity index (χ2n) is 7.39. The minimum Gasteiger partial charge on any atom is -0.452 e. The smallest absolute Gasteiger partial charge is 0.338 e. The predicted molar refractivity (Wildman–Crippen MR) is 122 cm³/mol. The molecule has 1 aromatic heterocycles. The quantitative estimate of drug-likeness (QED) is 0.495. The summed E-state index contributed by atoms with van der Waals surface area (Å²) < 4.78 is 32.9. The van der Waals surface area contributed by atoms with Crippen molar-refractivity contribution < 1.29 is 22.7 Å². The molecule has 0 spiro atoms. The van der Waals surface area contributed by atoms with E-state index >= 15 is 0 Å². The Hall–Kier alpha value is -3.17. The van der Waals surface area contributed by atoms with Crippen molar-refractivity contribution in [3.63, 3.8) is 0 Å². The molecule has 166 valence electrons. The molecule has 0 atom stereocenters. The highest BCUT2D eigenvalue weighted by molar-refractivity contribution is 7.92. The molecule has 0 N–H and O–H groups in total. The van der Waals surface area contributed by atoms with Gasteiger partial charge in [0.15, 0.2) is 6.61 Å². The lowest BCUT2D eigenvalue weighted by atomic mass is 10.2. The fraction of sp³-hybridized carbons (Fsp3) is 0.217. The summed E-state index contributed by atoms with van der Waals surface area (Å²) in [7, 11) is -2.19. The van der Waals surface area contributed by atoms with E-state index in [-0.39, 0.29) is 16.4 Å². The Balaban J connectivity index is 1.43. The average molecular weight is 471 g/mol. The summed E-state index contributed by atoms with van der Waals surface area (Å²) in [4.78, 5) is 27.3. The van der Waals surface area contributed by atoms with Crippen LogP contribution in [-0.4, -0.2) is 45.4 Å². The van der Waals surface area contributed by atoms with E-state index in [9.17, 15) is 18.0 Å². The number of nitrogens with zero attached hydrogens (tertiary/aromatic N) is 2. The monoisotopic (exact) mass is 470 g/mol. The van der Waals surface area contributed by atoms with E-state index in [1.54, 1.807) is 19.2 Å². The number of likely N-dealkylation sites (N-methyl/N-ethyl adjacent to an activating group) is 1. The second-order valence-corrected chi connectivity index (χ2v) is 10.3. The number of sulfonamides is 1. The summed E-state index contributed by atoms with van der Waals surface area (Å²) in [5.74, 6) is -1.09. The van der Waals surface area contributed by atoms with Crippen molar-refractivity contribution >= 4 is 38.9 Å². The molecule has 0 aliphatic carbocycles. The van der Waals surface area contributed by atoms with E-state index < -0.39 is 22.6 Å². The number of fused-ring (bicyclic) bond motifs is 1. The molecule has 1 aliphatic rings. The van der Waals surface area contributed by atoms with E-state index in [1.807, 2.05) is 29.6 Å². The SMILES string of the molecule is CN(Cc1cccs1)C(=O)COC(=O)c1cccc(S(=O)(=O)N2CCc3ccccc32)c1. The number of benzene rings is 2. The van der Waals surface area contributed by atoms with Crippen LogP contribution in [0.3, 0.4) is 0 Å². The van der Waals surface area contributed by atoms with Crippen molar-refractivity contribution in [2.24, 2.45) is 0 Å².